The molecular formula is C37H54O8. The Kier molecular flexibility index (Phi) is 10.3. The Bertz CT molecular complexity index is 1260. The third-order valence-electron chi connectivity index (χ3n) is 10.3. The van der Waals surface area contributed by atoms with Crippen LogP contribution in [0.5, 0.6) is 0 Å². The summed E-state index contributed by atoms with van der Waals surface area (Å²) in [5.41, 5.74) is 2.14. The van der Waals surface area contributed by atoms with E-state index >= 15 is 0 Å². The number of rotatable bonds is 3. The first kappa shape index (κ1) is 34.3. The fourth-order valence-electron chi connectivity index (χ4n) is 8.14. The number of carbonyl (C=O) groups is 1. The number of ether oxygens (including phenoxy) is 5. The van der Waals surface area contributed by atoms with E-state index in [-0.39, 0.29) is 30.7 Å². The third kappa shape index (κ3) is 6.97. The van der Waals surface area contributed by atoms with Crippen molar-refractivity contribution >= 4 is 5.97 Å². The minimum atomic E-state index is -1.61. The molecule has 1 aliphatic carbocycles. The molecule has 0 radical (unpaired) electrons. The molecule has 0 aromatic rings. The molecule has 5 aliphatic rings. The van der Waals surface area contributed by atoms with Gasteiger partial charge in [0, 0.05) is 32.3 Å². The van der Waals surface area contributed by atoms with Crippen LogP contribution in [0.1, 0.15) is 80.6 Å². The molecule has 0 amide bonds. The number of hydrogen-bond donors (Lipinski definition) is 2. The predicted octanol–water partition coefficient (Wildman–Crippen LogP) is 5.74. The molecule has 2 N–H and O–H groups in total. The standard InChI is InChI=1S/C37H54O8/c1-21(2)14-24(5)32-26(7)31(38)19-36(45-32)18-29-17-28(44-36)13-12-23(4)15-22(3)10-9-11-27-20-42-34-33(41-8)25(6)16-30(35(39)43-29)37(27,34)40/h9-12,14,16,21-22,26,28-34,38,40H,13,15,17-20H2,1-8H3/b10-9+,23-12+,24-14+,27-11+/t22-,26-,28+,29-,30-,31-,32+,33+,34+,36-,37+/m0/s1. The van der Waals surface area contributed by atoms with Crippen molar-refractivity contribution in [3.8, 4) is 0 Å². The minimum Gasteiger partial charge on any atom is -0.462 e. The van der Waals surface area contributed by atoms with Gasteiger partial charge in [0.1, 0.15) is 29.8 Å². The van der Waals surface area contributed by atoms with Gasteiger partial charge in [0.05, 0.1) is 24.9 Å². The van der Waals surface area contributed by atoms with Crippen molar-refractivity contribution in [1.29, 1.82) is 0 Å². The highest BCUT2D eigenvalue weighted by atomic mass is 16.7. The molecule has 2 bridgehead atoms. The van der Waals surface area contributed by atoms with Crippen molar-refractivity contribution in [2.24, 2.45) is 23.7 Å². The van der Waals surface area contributed by atoms with Crippen LogP contribution in [0.15, 0.2) is 58.7 Å². The largest absolute Gasteiger partial charge is 0.462 e. The fourth-order valence-corrected chi connectivity index (χ4v) is 8.14. The van der Waals surface area contributed by atoms with Crippen molar-refractivity contribution in [3.63, 3.8) is 0 Å². The van der Waals surface area contributed by atoms with E-state index < -0.39 is 47.7 Å². The summed E-state index contributed by atoms with van der Waals surface area (Å²) in [4.78, 5) is 14.2. The van der Waals surface area contributed by atoms with Gasteiger partial charge in [-0.2, -0.15) is 0 Å². The van der Waals surface area contributed by atoms with Crippen molar-refractivity contribution in [2.75, 3.05) is 13.7 Å². The number of allylic oxidation sites excluding steroid dienone is 5. The van der Waals surface area contributed by atoms with Gasteiger partial charge in [0.15, 0.2) is 5.79 Å². The lowest BCUT2D eigenvalue weighted by Crippen LogP contribution is -2.59. The molecule has 0 aromatic carbocycles. The van der Waals surface area contributed by atoms with Crippen LogP contribution in [-0.2, 0) is 28.5 Å². The van der Waals surface area contributed by atoms with E-state index in [1.165, 1.54) is 5.57 Å². The third-order valence-corrected chi connectivity index (χ3v) is 10.3. The maximum Gasteiger partial charge on any atom is 0.316 e. The zero-order valence-electron chi connectivity index (χ0n) is 28.3. The van der Waals surface area contributed by atoms with Gasteiger partial charge >= 0.3 is 5.97 Å². The van der Waals surface area contributed by atoms with Crippen LogP contribution in [0.25, 0.3) is 0 Å². The summed E-state index contributed by atoms with van der Waals surface area (Å²) in [7, 11) is 1.59. The predicted molar refractivity (Wildman–Crippen MR) is 172 cm³/mol. The Labute approximate surface area is 269 Å². The van der Waals surface area contributed by atoms with Gasteiger partial charge in [0.25, 0.3) is 0 Å². The molecule has 45 heavy (non-hydrogen) atoms. The van der Waals surface area contributed by atoms with Crippen molar-refractivity contribution < 1.29 is 38.7 Å². The van der Waals surface area contributed by atoms with Gasteiger partial charge in [-0.3, -0.25) is 4.79 Å². The van der Waals surface area contributed by atoms with E-state index in [1.54, 1.807) is 13.2 Å². The Morgan fingerprint density at radius 2 is 1.91 bits per heavy atom. The van der Waals surface area contributed by atoms with Crippen LogP contribution >= 0.6 is 0 Å². The Morgan fingerprint density at radius 3 is 2.62 bits per heavy atom. The maximum absolute atomic E-state index is 14.2. The number of esters is 1. The number of aliphatic hydroxyl groups excluding tert-OH is 1. The first-order valence-corrected chi connectivity index (χ1v) is 16.8. The second-order valence-electron chi connectivity index (χ2n) is 14.6. The second-order valence-corrected chi connectivity index (χ2v) is 14.6. The van der Waals surface area contributed by atoms with Gasteiger partial charge in [-0.05, 0) is 62.2 Å². The number of hydrogen-bond acceptors (Lipinski definition) is 8. The van der Waals surface area contributed by atoms with Crippen LogP contribution < -0.4 is 0 Å². The molecule has 0 unspecified atom stereocenters. The topological polar surface area (TPSA) is 104 Å². The van der Waals surface area contributed by atoms with Gasteiger partial charge in [0.2, 0.25) is 0 Å². The smallest absolute Gasteiger partial charge is 0.316 e. The monoisotopic (exact) mass is 626 g/mol. The highest BCUT2D eigenvalue weighted by Gasteiger charge is 2.60. The molecule has 3 fully saturated rings. The Hall–Kier alpha value is -2.07. The Morgan fingerprint density at radius 1 is 1.16 bits per heavy atom. The number of fused-ring (bicyclic) bond motifs is 2. The molecule has 11 atom stereocenters. The molecule has 3 saturated heterocycles. The van der Waals surface area contributed by atoms with Crippen LogP contribution in [0.4, 0.5) is 0 Å². The van der Waals surface area contributed by atoms with Crippen molar-refractivity contribution in [3.05, 3.63) is 58.7 Å². The number of methoxy groups -OCH3 is 1. The van der Waals surface area contributed by atoms with Crippen molar-refractivity contribution in [1.82, 2.24) is 0 Å². The van der Waals surface area contributed by atoms with E-state index in [9.17, 15) is 15.0 Å². The zero-order chi connectivity index (χ0) is 32.7. The molecule has 8 heteroatoms. The van der Waals surface area contributed by atoms with Crippen molar-refractivity contribution in [2.45, 2.75) is 129 Å². The van der Waals surface area contributed by atoms with Gasteiger partial charge < -0.3 is 33.9 Å². The van der Waals surface area contributed by atoms with Crippen LogP contribution in [0, 0.1) is 23.7 Å². The molecule has 0 saturated carbocycles. The quantitative estimate of drug-likeness (QED) is 0.302. The first-order valence-electron chi connectivity index (χ1n) is 16.8. The van der Waals surface area contributed by atoms with E-state index in [2.05, 4.69) is 45.9 Å². The summed E-state index contributed by atoms with van der Waals surface area (Å²) in [6, 6.07) is 0. The lowest BCUT2D eigenvalue weighted by atomic mass is 9.70. The normalized spacial score (nSPS) is 46.0. The van der Waals surface area contributed by atoms with E-state index in [4.69, 9.17) is 23.7 Å². The molecule has 5 rings (SSSR count). The zero-order valence-corrected chi connectivity index (χ0v) is 28.3. The average Bonchev–Trinajstić information content (AvgIpc) is 3.29. The van der Waals surface area contributed by atoms with Crippen LogP contribution in [0.2, 0.25) is 0 Å². The molecule has 1 spiro atoms. The number of aliphatic hydroxyl groups is 2. The van der Waals surface area contributed by atoms with Gasteiger partial charge in [-0.25, -0.2) is 0 Å². The molecular weight excluding hydrogens is 572 g/mol. The minimum absolute atomic E-state index is 0.110. The molecule has 8 nitrogen and oxygen atoms in total. The molecule has 4 aliphatic heterocycles. The number of carbonyl (C=O) groups excluding carboxylic acids is 1. The molecule has 4 heterocycles. The van der Waals surface area contributed by atoms with E-state index in [0.717, 1.165) is 17.6 Å². The second kappa shape index (κ2) is 13.6. The SMILES string of the molecule is CO[C@@H]1C(C)=C[C@H]2C(=O)O[C@H]3C[C@@H](C/C=C(\C)C[C@@H](C)/C=C/C=C4\CO[C@H]1[C@@]42O)O[C@]1(C3)C[C@H](O)[C@H](C)[C@@H](/C(C)=C/C(C)C)O1. The summed E-state index contributed by atoms with van der Waals surface area (Å²) < 4.78 is 31.8. The summed E-state index contributed by atoms with van der Waals surface area (Å²) in [5.74, 6) is -2.11. The lowest BCUT2D eigenvalue weighted by molar-refractivity contribution is -0.342. The Balaban J connectivity index is 1.53. The van der Waals surface area contributed by atoms with Crippen LogP contribution in [-0.4, -0.2) is 77.9 Å². The van der Waals surface area contributed by atoms with Gasteiger partial charge in [-0.15, -0.1) is 0 Å². The fraction of sp³-hybridized carbons (Fsp3) is 0.703. The summed E-state index contributed by atoms with van der Waals surface area (Å²) >= 11 is 0. The summed E-state index contributed by atoms with van der Waals surface area (Å²) in [5, 5.41) is 23.7. The van der Waals surface area contributed by atoms with Crippen LogP contribution in [0.3, 0.4) is 0 Å². The molecule has 0 aromatic heterocycles. The van der Waals surface area contributed by atoms with Gasteiger partial charge in [-0.1, -0.05) is 69.7 Å². The summed E-state index contributed by atoms with van der Waals surface area (Å²) in [6.45, 7) is 14.7. The van der Waals surface area contributed by atoms with E-state index in [1.807, 2.05) is 32.9 Å². The lowest BCUT2D eigenvalue weighted by Gasteiger charge is -2.51. The maximum atomic E-state index is 14.2. The molecule has 250 valence electrons. The first-order chi connectivity index (χ1) is 21.3. The highest BCUT2D eigenvalue weighted by Crippen LogP contribution is 2.48. The summed E-state index contributed by atoms with van der Waals surface area (Å²) in [6.07, 6.45) is 11.7. The average molecular weight is 627 g/mol. The highest BCUT2D eigenvalue weighted by molar-refractivity contribution is 5.78. The van der Waals surface area contributed by atoms with E-state index in [0.29, 0.717) is 37.2 Å².